The van der Waals surface area contributed by atoms with E-state index < -0.39 is 0 Å². The number of halogens is 1. The first-order valence-corrected chi connectivity index (χ1v) is 8.40. The van der Waals surface area contributed by atoms with Crippen molar-refractivity contribution in [3.05, 3.63) is 51.3 Å². The van der Waals surface area contributed by atoms with Crippen LogP contribution >= 0.6 is 15.9 Å². The Labute approximate surface area is 134 Å². The fourth-order valence-electron chi connectivity index (χ4n) is 3.51. The number of aromatic nitrogens is 2. The fraction of sp³-hybridized carbons (Fsp3) is 0.471. The van der Waals surface area contributed by atoms with Crippen LogP contribution in [0.15, 0.2) is 28.7 Å². The molecule has 0 aliphatic heterocycles. The minimum absolute atomic E-state index is 0.452. The van der Waals surface area contributed by atoms with Gasteiger partial charge in [-0.25, -0.2) is 0 Å². The highest BCUT2D eigenvalue weighted by Crippen LogP contribution is 2.39. The Morgan fingerprint density at radius 2 is 2.14 bits per heavy atom. The van der Waals surface area contributed by atoms with E-state index in [0.29, 0.717) is 12.0 Å². The highest BCUT2D eigenvalue weighted by molar-refractivity contribution is 9.10. The van der Waals surface area contributed by atoms with Gasteiger partial charge in [0, 0.05) is 13.1 Å². The molecule has 0 saturated heterocycles. The van der Waals surface area contributed by atoms with E-state index in [0.717, 1.165) is 29.6 Å². The Morgan fingerprint density at radius 1 is 1.38 bits per heavy atom. The summed E-state index contributed by atoms with van der Waals surface area (Å²) in [5.41, 5.74) is 5.33. The summed E-state index contributed by atoms with van der Waals surface area (Å²) in [7, 11) is 2.04. The minimum atomic E-state index is 0.452. The van der Waals surface area contributed by atoms with Gasteiger partial charge in [-0.2, -0.15) is 5.10 Å². The minimum Gasteiger partial charge on any atom is -0.310 e. The van der Waals surface area contributed by atoms with Crippen LogP contribution in [0.4, 0.5) is 0 Å². The Kier molecular flexibility index (Phi) is 4.18. The number of fused-ring (bicyclic) bond motifs is 1. The maximum atomic E-state index is 4.52. The van der Waals surface area contributed by atoms with Crippen molar-refractivity contribution in [1.29, 1.82) is 0 Å². The molecule has 112 valence electrons. The largest absolute Gasteiger partial charge is 0.310 e. The zero-order valence-corrected chi connectivity index (χ0v) is 14.4. The lowest BCUT2D eigenvalue weighted by Gasteiger charge is -2.21. The van der Waals surface area contributed by atoms with Crippen molar-refractivity contribution in [2.24, 2.45) is 13.0 Å². The third-order valence-corrected chi connectivity index (χ3v) is 5.52. The van der Waals surface area contributed by atoms with Crippen molar-refractivity contribution >= 4 is 15.9 Å². The van der Waals surface area contributed by atoms with E-state index in [2.05, 4.69) is 64.5 Å². The summed E-state index contributed by atoms with van der Waals surface area (Å²) >= 11 is 3.70. The van der Waals surface area contributed by atoms with Crippen molar-refractivity contribution < 1.29 is 0 Å². The average molecular weight is 348 g/mol. The van der Waals surface area contributed by atoms with Crippen LogP contribution in [-0.4, -0.2) is 16.3 Å². The van der Waals surface area contributed by atoms with Crippen molar-refractivity contribution in [2.75, 3.05) is 6.54 Å². The third kappa shape index (κ3) is 2.67. The van der Waals surface area contributed by atoms with Crippen LogP contribution in [0.2, 0.25) is 0 Å². The molecular formula is C17H22BrN3. The summed E-state index contributed by atoms with van der Waals surface area (Å²) in [4.78, 5) is 0. The van der Waals surface area contributed by atoms with Gasteiger partial charge in [0.1, 0.15) is 0 Å². The van der Waals surface area contributed by atoms with E-state index in [1.54, 1.807) is 0 Å². The predicted octanol–water partition coefficient (Wildman–Crippen LogP) is 3.56. The number of hydrogen-bond donors (Lipinski definition) is 1. The predicted molar refractivity (Wildman–Crippen MR) is 89.4 cm³/mol. The molecule has 21 heavy (non-hydrogen) atoms. The summed E-state index contributed by atoms with van der Waals surface area (Å²) in [6.07, 6.45) is 2.19. The first-order valence-electron chi connectivity index (χ1n) is 7.61. The summed E-state index contributed by atoms with van der Waals surface area (Å²) in [5.74, 6) is 0.591. The molecule has 1 aromatic carbocycles. The van der Waals surface area contributed by atoms with Gasteiger partial charge >= 0.3 is 0 Å². The maximum Gasteiger partial charge on any atom is 0.0738 e. The summed E-state index contributed by atoms with van der Waals surface area (Å²) in [5, 5.41) is 8.19. The Hall–Kier alpha value is -1.13. The lowest BCUT2D eigenvalue weighted by molar-refractivity contribution is 0.385. The fourth-order valence-corrected chi connectivity index (χ4v) is 4.01. The molecule has 2 unspecified atom stereocenters. The molecule has 1 aliphatic rings. The van der Waals surface area contributed by atoms with Crippen molar-refractivity contribution in [1.82, 2.24) is 15.1 Å². The normalized spacial score (nSPS) is 20.8. The van der Waals surface area contributed by atoms with Gasteiger partial charge in [0.25, 0.3) is 0 Å². The summed E-state index contributed by atoms with van der Waals surface area (Å²) < 4.78 is 3.18. The van der Waals surface area contributed by atoms with E-state index in [1.165, 1.54) is 16.8 Å². The van der Waals surface area contributed by atoms with Crippen LogP contribution in [0.1, 0.15) is 35.5 Å². The van der Waals surface area contributed by atoms with Crippen LogP contribution in [0.3, 0.4) is 0 Å². The van der Waals surface area contributed by atoms with Gasteiger partial charge in [0.05, 0.1) is 15.9 Å². The number of aryl methyl sites for hydroxylation is 2. The molecule has 3 nitrogen and oxygen atoms in total. The number of nitrogens with zero attached hydrogens (tertiary/aromatic N) is 2. The van der Waals surface area contributed by atoms with Gasteiger partial charge in [0.15, 0.2) is 0 Å². The molecule has 4 heteroatoms. The number of nitrogens with one attached hydrogen (secondary N) is 1. The third-order valence-electron chi connectivity index (χ3n) is 4.48. The van der Waals surface area contributed by atoms with E-state index in [1.807, 2.05) is 11.7 Å². The lowest BCUT2D eigenvalue weighted by Crippen LogP contribution is -2.27. The molecule has 1 heterocycles. The van der Waals surface area contributed by atoms with Crippen LogP contribution in [0.25, 0.3) is 0 Å². The molecule has 1 aliphatic carbocycles. The monoisotopic (exact) mass is 347 g/mol. The summed E-state index contributed by atoms with van der Waals surface area (Å²) in [6, 6.07) is 9.28. The molecule has 0 bridgehead atoms. The first-order chi connectivity index (χ1) is 10.1. The van der Waals surface area contributed by atoms with Crippen LogP contribution < -0.4 is 5.32 Å². The average Bonchev–Trinajstić information content (AvgIpc) is 2.93. The molecule has 2 aromatic rings. The second-order valence-corrected chi connectivity index (χ2v) is 6.67. The second-order valence-electron chi connectivity index (χ2n) is 5.87. The second kappa shape index (κ2) is 5.93. The standard InChI is InChI=1S/C17H22BrN3/c1-4-19-17-13(9-12-7-5-6-8-14(12)17)10-15-16(18)11(2)20-21(15)3/h5-8,13,17,19H,4,9-10H2,1-3H3. The Morgan fingerprint density at radius 3 is 2.81 bits per heavy atom. The van der Waals surface area contributed by atoms with E-state index in [4.69, 9.17) is 0 Å². The van der Waals surface area contributed by atoms with Gasteiger partial charge in [0.2, 0.25) is 0 Å². The lowest BCUT2D eigenvalue weighted by atomic mass is 9.95. The molecule has 0 amide bonds. The zero-order valence-electron chi connectivity index (χ0n) is 12.9. The van der Waals surface area contributed by atoms with E-state index in [9.17, 15) is 0 Å². The smallest absolute Gasteiger partial charge is 0.0738 e. The van der Waals surface area contributed by atoms with Crippen molar-refractivity contribution in [3.63, 3.8) is 0 Å². The maximum absolute atomic E-state index is 4.52. The summed E-state index contributed by atoms with van der Waals surface area (Å²) in [6.45, 7) is 5.24. The van der Waals surface area contributed by atoms with Crippen LogP contribution in [-0.2, 0) is 19.9 Å². The number of benzene rings is 1. The van der Waals surface area contributed by atoms with E-state index in [-0.39, 0.29) is 0 Å². The Balaban J connectivity index is 1.89. The highest BCUT2D eigenvalue weighted by atomic mass is 79.9. The van der Waals surface area contributed by atoms with Gasteiger partial charge in [-0.1, -0.05) is 31.2 Å². The number of hydrogen-bond acceptors (Lipinski definition) is 2. The van der Waals surface area contributed by atoms with Crippen LogP contribution in [0, 0.1) is 12.8 Å². The van der Waals surface area contributed by atoms with Crippen LogP contribution in [0.5, 0.6) is 0 Å². The van der Waals surface area contributed by atoms with Gasteiger partial charge in [-0.3, -0.25) is 4.68 Å². The first kappa shape index (κ1) is 14.8. The van der Waals surface area contributed by atoms with Gasteiger partial charge in [-0.15, -0.1) is 0 Å². The van der Waals surface area contributed by atoms with Crippen molar-refractivity contribution in [3.8, 4) is 0 Å². The number of rotatable bonds is 4. The molecule has 0 fully saturated rings. The van der Waals surface area contributed by atoms with Gasteiger partial charge in [-0.05, 0) is 59.3 Å². The molecule has 3 rings (SSSR count). The molecule has 1 N–H and O–H groups in total. The molecule has 0 spiro atoms. The molecule has 1 aromatic heterocycles. The SMILES string of the molecule is CCNC1c2ccccc2CC1Cc1c(Br)c(C)nn1C. The van der Waals surface area contributed by atoms with E-state index >= 15 is 0 Å². The highest BCUT2D eigenvalue weighted by Gasteiger charge is 2.32. The zero-order chi connectivity index (χ0) is 15.0. The molecule has 0 radical (unpaired) electrons. The molecular weight excluding hydrogens is 326 g/mol. The Bertz CT molecular complexity index is 647. The quantitative estimate of drug-likeness (QED) is 0.916. The topological polar surface area (TPSA) is 29.9 Å². The molecule has 2 atom stereocenters. The molecule has 0 saturated carbocycles. The van der Waals surface area contributed by atoms with Crippen molar-refractivity contribution in [2.45, 2.75) is 32.7 Å². The van der Waals surface area contributed by atoms with Gasteiger partial charge < -0.3 is 5.32 Å².